The summed E-state index contributed by atoms with van der Waals surface area (Å²) in [5, 5.41) is 0.428. The summed E-state index contributed by atoms with van der Waals surface area (Å²) in [4.78, 5) is 0.683. The Morgan fingerprint density at radius 2 is 1.89 bits per heavy atom. The third kappa shape index (κ3) is 2.90. The zero-order valence-corrected chi connectivity index (χ0v) is 7.79. The van der Waals surface area contributed by atoms with Crippen molar-refractivity contribution in [1.29, 1.82) is 0 Å². The van der Waals surface area contributed by atoms with E-state index in [1.165, 1.54) is 25.7 Å². The largest absolute Gasteiger partial charge is 0.123 e. The molecule has 54 valence electrons. The number of rotatable bonds is 0. The third-order valence-corrected chi connectivity index (χ3v) is 3.02. The molecular weight excluding hydrogens is 199 g/mol. The van der Waals surface area contributed by atoms with Crippen LogP contribution in [0.4, 0.5) is 0 Å². The van der Waals surface area contributed by atoms with Crippen LogP contribution in [0.3, 0.4) is 0 Å². The van der Waals surface area contributed by atoms with E-state index < -0.39 is 0 Å². The van der Waals surface area contributed by atoms with Gasteiger partial charge < -0.3 is 0 Å². The van der Waals surface area contributed by atoms with Crippen molar-refractivity contribution < 1.29 is 0 Å². The molecule has 1 aliphatic carbocycles. The number of alkyl halides is 2. The van der Waals surface area contributed by atoms with Gasteiger partial charge in [0, 0.05) is 10.2 Å². The van der Waals surface area contributed by atoms with Crippen molar-refractivity contribution in [3.63, 3.8) is 0 Å². The fraction of sp³-hybridized carbons (Fsp3) is 1.00. The van der Waals surface area contributed by atoms with Crippen molar-refractivity contribution in [3.05, 3.63) is 0 Å². The van der Waals surface area contributed by atoms with Gasteiger partial charge in [-0.05, 0) is 19.3 Å². The minimum absolute atomic E-state index is 0.428. The van der Waals surface area contributed by atoms with Crippen molar-refractivity contribution in [1.82, 2.24) is 0 Å². The normalized spacial score (nSPS) is 38.0. The Balaban J connectivity index is 2.29. The van der Waals surface area contributed by atoms with Gasteiger partial charge in [-0.3, -0.25) is 0 Å². The molecule has 1 saturated carbocycles. The SMILES string of the molecule is ClC1CCCCC(Br)C1. The molecule has 1 fully saturated rings. The molecule has 0 aromatic heterocycles. The number of hydrogen-bond acceptors (Lipinski definition) is 0. The molecule has 0 aromatic carbocycles. The molecule has 2 heteroatoms. The first-order chi connectivity index (χ1) is 4.29. The minimum Gasteiger partial charge on any atom is -0.123 e. The Bertz CT molecular complexity index is 75.0. The lowest BCUT2D eigenvalue weighted by molar-refractivity contribution is 0.707. The van der Waals surface area contributed by atoms with Crippen LogP contribution in [-0.4, -0.2) is 10.2 Å². The van der Waals surface area contributed by atoms with Crippen molar-refractivity contribution in [2.45, 2.75) is 42.3 Å². The minimum atomic E-state index is 0.428. The summed E-state index contributed by atoms with van der Waals surface area (Å²) >= 11 is 9.58. The van der Waals surface area contributed by atoms with Gasteiger partial charge in [-0.2, -0.15) is 0 Å². The van der Waals surface area contributed by atoms with E-state index in [2.05, 4.69) is 15.9 Å². The zero-order chi connectivity index (χ0) is 6.69. The maximum Gasteiger partial charge on any atom is 0.0346 e. The standard InChI is InChI=1S/C7H12BrCl/c8-6-3-1-2-4-7(9)5-6/h6-7H,1-5H2. The topological polar surface area (TPSA) is 0 Å². The van der Waals surface area contributed by atoms with Gasteiger partial charge in [0.2, 0.25) is 0 Å². The van der Waals surface area contributed by atoms with Crippen LogP contribution in [-0.2, 0) is 0 Å². The van der Waals surface area contributed by atoms with Gasteiger partial charge >= 0.3 is 0 Å². The maximum atomic E-state index is 5.99. The van der Waals surface area contributed by atoms with E-state index in [-0.39, 0.29) is 0 Å². The fourth-order valence-electron chi connectivity index (χ4n) is 1.24. The quantitative estimate of drug-likeness (QED) is 0.426. The molecule has 0 aromatic rings. The second-order valence-corrected chi connectivity index (χ2v) is 4.63. The van der Waals surface area contributed by atoms with Crippen LogP contribution in [0, 0.1) is 0 Å². The van der Waals surface area contributed by atoms with Crippen LogP contribution in [0.5, 0.6) is 0 Å². The highest BCUT2D eigenvalue weighted by Crippen LogP contribution is 2.26. The summed E-state index contributed by atoms with van der Waals surface area (Å²) in [7, 11) is 0. The molecule has 0 nitrogen and oxygen atoms in total. The first-order valence-corrected chi connectivity index (χ1v) is 4.92. The van der Waals surface area contributed by atoms with E-state index >= 15 is 0 Å². The Morgan fingerprint density at radius 3 is 2.67 bits per heavy atom. The fourth-order valence-corrected chi connectivity index (χ4v) is 2.60. The summed E-state index contributed by atoms with van der Waals surface area (Å²) in [5.74, 6) is 0. The molecule has 1 aliphatic rings. The molecule has 2 atom stereocenters. The van der Waals surface area contributed by atoms with E-state index in [0.717, 1.165) is 6.42 Å². The van der Waals surface area contributed by atoms with Crippen LogP contribution in [0.1, 0.15) is 32.1 Å². The number of halogens is 2. The van der Waals surface area contributed by atoms with Crippen molar-refractivity contribution >= 4 is 27.5 Å². The van der Waals surface area contributed by atoms with Gasteiger partial charge in [-0.25, -0.2) is 0 Å². The summed E-state index contributed by atoms with van der Waals surface area (Å²) in [6.07, 6.45) is 6.34. The third-order valence-electron chi connectivity index (χ3n) is 1.80. The van der Waals surface area contributed by atoms with Gasteiger partial charge in [0.05, 0.1) is 0 Å². The highest BCUT2D eigenvalue weighted by molar-refractivity contribution is 9.09. The molecule has 0 saturated heterocycles. The molecule has 0 bridgehead atoms. The molecule has 2 unspecified atom stereocenters. The summed E-state index contributed by atoms with van der Waals surface area (Å²) in [6.45, 7) is 0. The lowest BCUT2D eigenvalue weighted by Crippen LogP contribution is -2.02. The predicted octanol–water partition coefficient (Wildman–Crippen LogP) is 3.32. The van der Waals surface area contributed by atoms with E-state index in [0.29, 0.717) is 10.2 Å². The van der Waals surface area contributed by atoms with Gasteiger partial charge in [0.15, 0.2) is 0 Å². The van der Waals surface area contributed by atoms with E-state index in [4.69, 9.17) is 11.6 Å². The van der Waals surface area contributed by atoms with Crippen LogP contribution in [0.2, 0.25) is 0 Å². The average Bonchev–Trinajstić information content (AvgIpc) is 1.93. The molecule has 1 rings (SSSR count). The second kappa shape index (κ2) is 3.82. The Kier molecular flexibility index (Phi) is 3.34. The second-order valence-electron chi connectivity index (χ2n) is 2.71. The van der Waals surface area contributed by atoms with Crippen LogP contribution in [0.15, 0.2) is 0 Å². The van der Waals surface area contributed by atoms with Crippen LogP contribution < -0.4 is 0 Å². The summed E-state index contributed by atoms with van der Waals surface area (Å²) in [6, 6.07) is 0. The summed E-state index contributed by atoms with van der Waals surface area (Å²) in [5.41, 5.74) is 0. The molecule has 0 radical (unpaired) electrons. The molecule has 0 spiro atoms. The number of hydrogen-bond donors (Lipinski definition) is 0. The monoisotopic (exact) mass is 210 g/mol. The van der Waals surface area contributed by atoms with Crippen LogP contribution >= 0.6 is 27.5 Å². The lowest BCUT2D eigenvalue weighted by Gasteiger charge is -2.06. The Hall–Kier alpha value is 0.770. The van der Waals surface area contributed by atoms with E-state index in [1.54, 1.807) is 0 Å². The Morgan fingerprint density at radius 1 is 1.22 bits per heavy atom. The van der Waals surface area contributed by atoms with Crippen molar-refractivity contribution in [3.8, 4) is 0 Å². The molecular formula is C7H12BrCl. The molecule has 0 heterocycles. The molecule has 0 aliphatic heterocycles. The van der Waals surface area contributed by atoms with Gasteiger partial charge in [0.25, 0.3) is 0 Å². The first kappa shape index (κ1) is 7.87. The highest BCUT2D eigenvalue weighted by Gasteiger charge is 2.15. The Labute approximate surface area is 70.1 Å². The highest BCUT2D eigenvalue weighted by atomic mass is 79.9. The van der Waals surface area contributed by atoms with Crippen molar-refractivity contribution in [2.24, 2.45) is 0 Å². The summed E-state index contributed by atoms with van der Waals surface area (Å²) < 4.78 is 0. The molecule has 0 N–H and O–H groups in total. The smallest absolute Gasteiger partial charge is 0.0346 e. The molecule has 9 heavy (non-hydrogen) atoms. The van der Waals surface area contributed by atoms with Gasteiger partial charge in [-0.1, -0.05) is 28.8 Å². The van der Waals surface area contributed by atoms with Crippen LogP contribution in [0.25, 0.3) is 0 Å². The van der Waals surface area contributed by atoms with E-state index in [9.17, 15) is 0 Å². The van der Waals surface area contributed by atoms with Gasteiger partial charge in [-0.15, -0.1) is 11.6 Å². The average molecular weight is 212 g/mol. The predicted molar refractivity (Wildman–Crippen MR) is 45.4 cm³/mol. The maximum absolute atomic E-state index is 5.99. The van der Waals surface area contributed by atoms with Crippen molar-refractivity contribution in [2.75, 3.05) is 0 Å². The lowest BCUT2D eigenvalue weighted by atomic mass is 10.2. The zero-order valence-electron chi connectivity index (χ0n) is 5.45. The van der Waals surface area contributed by atoms with E-state index in [1.807, 2.05) is 0 Å². The first-order valence-electron chi connectivity index (χ1n) is 3.57. The van der Waals surface area contributed by atoms with Gasteiger partial charge in [0.1, 0.15) is 0 Å². The molecule has 0 amide bonds.